The number of hydrogen-bond acceptors (Lipinski definition) is 2. The largest absolute Gasteiger partial charge is 0.255 e. The van der Waals surface area contributed by atoms with Crippen molar-refractivity contribution in [2.75, 3.05) is 0 Å². The number of hydrogen-bond donors (Lipinski definition) is 0. The molecule has 1 aromatic heterocycles. The van der Waals surface area contributed by atoms with Gasteiger partial charge in [0.15, 0.2) is 0 Å². The number of rotatable bonds is 3. The van der Waals surface area contributed by atoms with E-state index >= 15 is 0 Å². The normalized spacial score (nSPS) is 11.4. The number of nitrogens with zero attached hydrogens (tertiary/aromatic N) is 1. The fourth-order valence-corrected chi connectivity index (χ4v) is 5.48. The summed E-state index contributed by atoms with van der Waals surface area (Å²) in [6, 6.07) is 38.5. The molecule has 6 rings (SSSR count). The van der Waals surface area contributed by atoms with Gasteiger partial charge in [-0.15, -0.1) is 0 Å². The Balaban J connectivity index is 1.82. The first kappa shape index (κ1) is 18.2. The minimum absolute atomic E-state index is 1.06. The lowest BCUT2D eigenvalue weighted by molar-refractivity contribution is 1.42. The molecular formula is C29H19NS. The second kappa shape index (κ2) is 7.57. The minimum Gasteiger partial charge on any atom is -0.255 e. The van der Waals surface area contributed by atoms with Crippen LogP contribution in [0.15, 0.2) is 125 Å². The Bertz CT molecular complexity index is 1540. The molecule has 0 radical (unpaired) electrons. The molecule has 0 atom stereocenters. The van der Waals surface area contributed by atoms with Gasteiger partial charge in [0.1, 0.15) is 0 Å². The molecule has 0 saturated carbocycles. The van der Waals surface area contributed by atoms with Crippen LogP contribution in [-0.2, 0) is 0 Å². The summed E-state index contributed by atoms with van der Waals surface area (Å²) in [6.45, 7) is 0. The van der Waals surface area contributed by atoms with E-state index in [1.165, 1.54) is 47.8 Å². The summed E-state index contributed by atoms with van der Waals surface area (Å²) in [5, 5.41) is 6.14. The summed E-state index contributed by atoms with van der Waals surface area (Å²) in [5.41, 5.74) is 3.46. The molecule has 0 aliphatic carbocycles. The van der Waals surface area contributed by atoms with Gasteiger partial charge in [0.2, 0.25) is 0 Å². The average molecular weight is 414 g/mol. The van der Waals surface area contributed by atoms with Crippen molar-refractivity contribution in [3.8, 4) is 11.1 Å². The summed E-state index contributed by atoms with van der Waals surface area (Å²) < 4.78 is 0. The molecule has 0 spiro atoms. The van der Waals surface area contributed by atoms with Crippen molar-refractivity contribution in [3.05, 3.63) is 115 Å². The van der Waals surface area contributed by atoms with Crippen LogP contribution < -0.4 is 0 Å². The molecule has 0 bridgehead atoms. The van der Waals surface area contributed by atoms with E-state index in [4.69, 9.17) is 4.98 Å². The Labute approximate surface area is 185 Å². The molecular weight excluding hydrogens is 394 g/mol. The standard InChI is InChI=1S/C29H19NS/c1-3-11-20(12-4-1)26-24-17-9-10-18-25(24)29(31-22-14-5-2-6-15-22)27-23-16-8-7-13-21(23)19-30-28(26)27/h1-19H. The zero-order chi connectivity index (χ0) is 20.6. The lowest BCUT2D eigenvalue weighted by atomic mass is 9.93. The van der Waals surface area contributed by atoms with E-state index in [2.05, 4.69) is 109 Å². The SMILES string of the molecule is c1ccc(Sc2c3ccccc3c(-c3ccccc3)c3ncc4ccccc4c23)cc1. The summed E-state index contributed by atoms with van der Waals surface area (Å²) in [4.78, 5) is 7.52. The van der Waals surface area contributed by atoms with Gasteiger partial charge in [-0.3, -0.25) is 4.98 Å². The Hall–Kier alpha value is -3.62. The lowest BCUT2D eigenvalue weighted by Crippen LogP contribution is -1.93. The van der Waals surface area contributed by atoms with E-state index in [-0.39, 0.29) is 0 Å². The molecule has 0 unspecified atom stereocenters. The Morgan fingerprint density at radius 3 is 1.94 bits per heavy atom. The zero-order valence-electron chi connectivity index (χ0n) is 16.8. The number of benzene rings is 5. The van der Waals surface area contributed by atoms with Crippen LogP contribution in [0.2, 0.25) is 0 Å². The van der Waals surface area contributed by atoms with Gasteiger partial charge >= 0.3 is 0 Å². The van der Waals surface area contributed by atoms with Crippen molar-refractivity contribution in [1.29, 1.82) is 0 Å². The summed E-state index contributed by atoms with van der Waals surface area (Å²) in [6.07, 6.45) is 2.01. The van der Waals surface area contributed by atoms with Gasteiger partial charge < -0.3 is 0 Å². The predicted octanol–water partition coefficient (Wildman–Crippen LogP) is 8.36. The van der Waals surface area contributed by atoms with Crippen molar-refractivity contribution >= 4 is 44.2 Å². The van der Waals surface area contributed by atoms with Crippen molar-refractivity contribution in [3.63, 3.8) is 0 Å². The van der Waals surface area contributed by atoms with E-state index in [1.54, 1.807) is 0 Å². The van der Waals surface area contributed by atoms with Gasteiger partial charge in [-0.25, -0.2) is 0 Å². The van der Waals surface area contributed by atoms with Crippen molar-refractivity contribution < 1.29 is 0 Å². The van der Waals surface area contributed by atoms with E-state index in [0.717, 1.165) is 5.52 Å². The topological polar surface area (TPSA) is 12.9 Å². The lowest BCUT2D eigenvalue weighted by Gasteiger charge is -2.18. The molecule has 0 N–H and O–H groups in total. The maximum Gasteiger partial charge on any atom is 0.0804 e. The van der Waals surface area contributed by atoms with Crippen molar-refractivity contribution in [1.82, 2.24) is 4.98 Å². The second-order valence-electron chi connectivity index (χ2n) is 7.60. The fourth-order valence-electron chi connectivity index (χ4n) is 4.35. The third-order valence-electron chi connectivity index (χ3n) is 5.73. The first-order valence-electron chi connectivity index (χ1n) is 10.4. The second-order valence-corrected chi connectivity index (χ2v) is 8.68. The smallest absolute Gasteiger partial charge is 0.0804 e. The molecule has 6 aromatic rings. The number of fused-ring (bicyclic) bond motifs is 4. The molecule has 146 valence electrons. The summed E-state index contributed by atoms with van der Waals surface area (Å²) >= 11 is 1.83. The molecule has 1 nitrogen and oxygen atoms in total. The number of pyridine rings is 1. The Morgan fingerprint density at radius 1 is 0.548 bits per heavy atom. The van der Waals surface area contributed by atoms with Crippen LogP contribution in [0.25, 0.3) is 43.6 Å². The summed E-state index contributed by atoms with van der Waals surface area (Å²) in [5.74, 6) is 0. The molecule has 1 heterocycles. The van der Waals surface area contributed by atoms with Crippen LogP contribution in [-0.4, -0.2) is 4.98 Å². The Morgan fingerprint density at radius 2 is 1.16 bits per heavy atom. The van der Waals surface area contributed by atoms with Crippen LogP contribution in [0, 0.1) is 0 Å². The third kappa shape index (κ3) is 3.08. The quantitative estimate of drug-likeness (QED) is 0.213. The highest BCUT2D eigenvalue weighted by Gasteiger charge is 2.19. The van der Waals surface area contributed by atoms with Crippen LogP contribution in [0.1, 0.15) is 0 Å². The Kier molecular flexibility index (Phi) is 4.44. The molecule has 0 aliphatic heterocycles. The molecule has 0 fully saturated rings. The summed E-state index contributed by atoms with van der Waals surface area (Å²) in [7, 11) is 0. The van der Waals surface area contributed by atoms with E-state index in [0.29, 0.717) is 0 Å². The average Bonchev–Trinajstić information content (AvgIpc) is 2.85. The van der Waals surface area contributed by atoms with Gasteiger partial charge in [-0.2, -0.15) is 0 Å². The molecule has 5 aromatic carbocycles. The monoisotopic (exact) mass is 413 g/mol. The van der Waals surface area contributed by atoms with Gasteiger partial charge in [0.25, 0.3) is 0 Å². The van der Waals surface area contributed by atoms with Gasteiger partial charge in [0.05, 0.1) is 5.52 Å². The first-order chi connectivity index (χ1) is 15.4. The highest BCUT2D eigenvalue weighted by Crippen LogP contribution is 2.46. The molecule has 0 aliphatic rings. The maximum atomic E-state index is 5.02. The van der Waals surface area contributed by atoms with E-state index < -0.39 is 0 Å². The van der Waals surface area contributed by atoms with Crippen molar-refractivity contribution in [2.45, 2.75) is 9.79 Å². The maximum absolute atomic E-state index is 5.02. The van der Waals surface area contributed by atoms with E-state index in [9.17, 15) is 0 Å². The molecule has 2 heteroatoms. The fraction of sp³-hybridized carbons (Fsp3) is 0. The van der Waals surface area contributed by atoms with Gasteiger partial charge in [-0.05, 0) is 33.9 Å². The predicted molar refractivity (Wildman–Crippen MR) is 133 cm³/mol. The zero-order valence-corrected chi connectivity index (χ0v) is 17.6. The third-order valence-corrected chi connectivity index (χ3v) is 6.87. The number of aromatic nitrogens is 1. The first-order valence-corrected chi connectivity index (χ1v) is 11.2. The van der Waals surface area contributed by atoms with Crippen molar-refractivity contribution in [2.24, 2.45) is 0 Å². The molecule has 31 heavy (non-hydrogen) atoms. The van der Waals surface area contributed by atoms with E-state index in [1.807, 2.05) is 18.0 Å². The van der Waals surface area contributed by atoms with Crippen LogP contribution in [0.5, 0.6) is 0 Å². The van der Waals surface area contributed by atoms with Crippen LogP contribution in [0.3, 0.4) is 0 Å². The molecule has 0 amide bonds. The minimum atomic E-state index is 1.06. The van der Waals surface area contributed by atoms with Crippen LogP contribution >= 0.6 is 11.8 Å². The van der Waals surface area contributed by atoms with Gasteiger partial charge in [0, 0.05) is 32.3 Å². The molecule has 0 saturated heterocycles. The van der Waals surface area contributed by atoms with Gasteiger partial charge in [-0.1, -0.05) is 109 Å². The highest BCUT2D eigenvalue weighted by atomic mass is 32.2. The van der Waals surface area contributed by atoms with Crippen LogP contribution in [0.4, 0.5) is 0 Å². The highest BCUT2D eigenvalue weighted by molar-refractivity contribution is 7.99.